The molecule has 7 nitrogen and oxygen atoms in total. The number of halogens is 3. The Morgan fingerprint density at radius 3 is 2.54 bits per heavy atom. The van der Waals surface area contributed by atoms with Gasteiger partial charge >= 0.3 is 6.18 Å². The van der Waals surface area contributed by atoms with E-state index in [2.05, 4.69) is 4.98 Å². The summed E-state index contributed by atoms with van der Waals surface area (Å²) in [7, 11) is 5.05. The molecule has 28 heavy (non-hydrogen) atoms. The second-order valence-corrected chi connectivity index (χ2v) is 7.08. The molecule has 152 valence electrons. The molecule has 2 amide bonds. The Hall–Kier alpha value is -2.62. The van der Waals surface area contributed by atoms with Crippen molar-refractivity contribution in [3.05, 3.63) is 30.1 Å². The van der Waals surface area contributed by atoms with Crippen LogP contribution >= 0.6 is 0 Å². The zero-order valence-corrected chi connectivity index (χ0v) is 15.9. The number of aromatic nitrogens is 2. The smallest absolute Gasteiger partial charge is 0.347 e. The second kappa shape index (κ2) is 7.42. The van der Waals surface area contributed by atoms with Crippen molar-refractivity contribution >= 4 is 22.8 Å². The fourth-order valence-corrected chi connectivity index (χ4v) is 3.35. The molecular formula is C18H22F3N5O2. The van der Waals surface area contributed by atoms with Crippen molar-refractivity contribution in [1.82, 2.24) is 24.3 Å². The number of likely N-dealkylation sites (N-methyl/N-ethyl adjacent to an activating group) is 2. The van der Waals surface area contributed by atoms with Crippen molar-refractivity contribution in [3.8, 4) is 0 Å². The van der Waals surface area contributed by atoms with Crippen LogP contribution in [0.2, 0.25) is 0 Å². The minimum Gasteiger partial charge on any atom is -0.347 e. The van der Waals surface area contributed by atoms with Gasteiger partial charge in [0.2, 0.25) is 17.6 Å². The minimum absolute atomic E-state index is 0.139. The van der Waals surface area contributed by atoms with E-state index in [4.69, 9.17) is 0 Å². The highest BCUT2D eigenvalue weighted by Crippen LogP contribution is 2.31. The highest BCUT2D eigenvalue weighted by atomic mass is 19.4. The summed E-state index contributed by atoms with van der Waals surface area (Å²) in [6, 6.07) is 5.67. The molecule has 0 unspecified atom stereocenters. The van der Waals surface area contributed by atoms with Gasteiger partial charge in [-0.25, -0.2) is 4.98 Å². The lowest BCUT2D eigenvalue weighted by Gasteiger charge is -2.39. The van der Waals surface area contributed by atoms with Crippen LogP contribution < -0.4 is 0 Å². The van der Waals surface area contributed by atoms with Crippen LogP contribution in [0.15, 0.2) is 24.3 Å². The van der Waals surface area contributed by atoms with E-state index < -0.39 is 30.5 Å². The van der Waals surface area contributed by atoms with Crippen molar-refractivity contribution in [2.45, 2.75) is 18.8 Å². The number of rotatable bonds is 3. The summed E-state index contributed by atoms with van der Waals surface area (Å²) in [5.74, 6) is -1.72. The van der Waals surface area contributed by atoms with Gasteiger partial charge in [0.1, 0.15) is 12.6 Å². The first kappa shape index (κ1) is 20.1. The summed E-state index contributed by atoms with van der Waals surface area (Å²) >= 11 is 0. The van der Waals surface area contributed by atoms with Gasteiger partial charge in [-0.05, 0) is 19.2 Å². The number of piperazine rings is 1. The maximum atomic E-state index is 13.4. The number of carbonyl (C=O) groups excluding carboxylic acids is 2. The van der Waals surface area contributed by atoms with Gasteiger partial charge < -0.3 is 14.4 Å². The Labute approximate surface area is 160 Å². The molecule has 1 atom stereocenters. The van der Waals surface area contributed by atoms with E-state index in [1.807, 2.05) is 4.90 Å². The van der Waals surface area contributed by atoms with E-state index in [0.717, 1.165) is 4.57 Å². The van der Waals surface area contributed by atoms with Crippen LogP contribution in [0.4, 0.5) is 13.2 Å². The Bertz CT molecular complexity index is 893. The van der Waals surface area contributed by atoms with Crippen LogP contribution in [-0.2, 0) is 22.3 Å². The lowest BCUT2D eigenvalue weighted by Crippen LogP contribution is -2.58. The lowest BCUT2D eigenvalue weighted by atomic mass is 10.1. The van der Waals surface area contributed by atoms with Crippen molar-refractivity contribution in [1.29, 1.82) is 0 Å². The van der Waals surface area contributed by atoms with Gasteiger partial charge in [0, 0.05) is 33.7 Å². The highest BCUT2D eigenvalue weighted by molar-refractivity contribution is 5.84. The molecule has 1 aromatic heterocycles. The molecule has 0 saturated carbocycles. The van der Waals surface area contributed by atoms with E-state index in [1.54, 1.807) is 33.3 Å². The summed E-state index contributed by atoms with van der Waals surface area (Å²) in [4.78, 5) is 33.5. The number of hydrogen-bond donors (Lipinski definition) is 0. The lowest BCUT2D eigenvalue weighted by molar-refractivity contribution is -0.148. The van der Waals surface area contributed by atoms with Gasteiger partial charge in [0.05, 0.1) is 11.0 Å². The number of nitrogens with zero attached hydrogens (tertiary/aromatic N) is 5. The topological polar surface area (TPSA) is 61.7 Å². The highest BCUT2D eigenvalue weighted by Gasteiger charge is 2.39. The molecule has 0 aliphatic carbocycles. The van der Waals surface area contributed by atoms with Crippen molar-refractivity contribution in [2.24, 2.45) is 0 Å². The molecule has 2 heterocycles. The van der Waals surface area contributed by atoms with Gasteiger partial charge in [-0.3, -0.25) is 14.5 Å². The summed E-state index contributed by atoms with van der Waals surface area (Å²) in [5, 5.41) is 0. The molecule has 2 aromatic rings. The summed E-state index contributed by atoms with van der Waals surface area (Å²) in [5.41, 5.74) is 0.430. The van der Waals surface area contributed by atoms with E-state index >= 15 is 0 Å². The predicted octanol–water partition coefficient (Wildman–Crippen LogP) is 1.29. The molecule has 0 bridgehead atoms. The summed E-state index contributed by atoms with van der Waals surface area (Å²) in [6.07, 6.45) is -4.68. The normalized spacial score (nSPS) is 18.5. The van der Waals surface area contributed by atoms with Crippen LogP contribution in [-0.4, -0.2) is 82.9 Å². The Morgan fingerprint density at radius 1 is 1.21 bits per heavy atom. The average Bonchev–Trinajstić information content (AvgIpc) is 3.00. The van der Waals surface area contributed by atoms with Crippen molar-refractivity contribution in [3.63, 3.8) is 0 Å². The minimum atomic E-state index is -4.68. The van der Waals surface area contributed by atoms with Crippen LogP contribution in [0, 0.1) is 0 Å². The van der Waals surface area contributed by atoms with E-state index in [1.165, 1.54) is 21.9 Å². The fourth-order valence-electron chi connectivity index (χ4n) is 3.35. The zero-order chi connectivity index (χ0) is 20.6. The summed E-state index contributed by atoms with van der Waals surface area (Å²) < 4.78 is 41.2. The fraction of sp³-hybridized carbons (Fsp3) is 0.500. The van der Waals surface area contributed by atoms with Gasteiger partial charge in [0.15, 0.2) is 0 Å². The molecule has 1 aliphatic heterocycles. The molecule has 1 fully saturated rings. The van der Waals surface area contributed by atoms with Gasteiger partial charge in [-0.2, -0.15) is 13.2 Å². The molecule has 10 heteroatoms. The van der Waals surface area contributed by atoms with E-state index in [-0.39, 0.29) is 23.5 Å². The summed E-state index contributed by atoms with van der Waals surface area (Å²) in [6.45, 7) is 0.468. The zero-order valence-electron chi connectivity index (χ0n) is 15.9. The molecule has 0 spiro atoms. The number of amides is 2. The number of benzene rings is 1. The SMILES string of the molecule is CN(C)C(=O)[C@@H]1CN(C(=O)Cn2c(C(F)(F)F)nc3ccccc32)CCN1C. The average molecular weight is 397 g/mol. The third-order valence-electron chi connectivity index (χ3n) is 4.93. The third-order valence-corrected chi connectivity index (χ3v) is 4.93. The van der Waals surface area contributed by atoms with E-state index in [0.29, 0.717) is 13.1 Å². The van der Waals surface area contributed by atoms with Crippen molar-refractivity contribution in [2.75, 3.05) is 40.8 Å². The first-order valence-electron chi connectivity index (χ1n) is 8.81. The number of para-hydroxylation sites is 2. The molecule has 0 N–H and O–H groups in total. The molecule has 1 aromatic carbocycles. The Balaban J connectivity index is 1.86. The second-order valence-electron chi connectivity index (χ2n) is 7.08. The predicted molar refractivity (Wildman–Crippen MR) is 96.4 cm³/mol. The van der Waals surface area contributed by atoms with Crippen LogP contribution in [0.5, 0.6) is 0 Å². The largest absolute Gasteiger partial charge is 0.449 e. The molecule has 3 rings (SSSR count). The number of imidazole rings is 1. The molecule has 1 saturated heterocycles. The maximum absolute atomic E-state index is 13.4. The quantitative estimate of drug-likeness (QED) is 0.783. The van der Waals surface area contributed by atoms with Crippen LogP contribution in [0.1, 0.15) is 5.82 Å². The first-order chi connectivity index (χ1) is 13.1. The molecular weight excluding hydrogens is 375 g/mol. The Morgan fingerprint density at radius 2 is 1.89 bits per heavy atom. The van der Waals surface area contributed by atoms with Crippen molar-refractivity contribution < 1.29 is 22.8 Å². The monoisotopic (exact) mass is 397 g/mol. The number of hydrogen-bond acceptors (Lipinski definition) is 4. The maximum Gasteiger partial charge on any atom is 0.449 e. The van der Waals surface area contributed by atoms with E-state index in [9.17, 15) is 22.8 Å². The third kappa shape index (κ3) is 3.82. The Kier molecular flexibility index (Phi) is 5.33. The standard InChI is InChI=1S/C18H22F3N5O2/c1-23(2)16(28)14-10-25(9-8-24(14)3)15(27)11-26-13-7-5-4-6-12(13)22-17(26)18(19,20)21/h4-7,14H,8-11H2,1-3H3/t14-/m0/s1. The van der Waals surface area contributed by atoms with Gasteiger partial charge in [0.25, 0.3) is 0 Å². The number of carbonyl (C=O) groups is 2. The number of fused-ring (bicyclic) bond motifs is 1. The molecule has 0 radical (unpaired) electrons. The van der Waals surface area contributed by atoms with Crippen LogP contribution in [0.25, 0.3) is 11.0 Å². The molecule has 1 aliphatic rings. The van der Waals surface area contributed by atoms with Crippen LogP contribution in [0.3, 0.4) is 0 Å². The first-order valence-corrected chi connectivity index (χ1v) is 8.81. The van der Waals surface area contributed by atoms with Gasteiger partial charge in [-0.1, -0.05) is 12.1 Å². The number of alkyl halides is 3. The van der Waals surface area contributed by atoms with Gasteiger partial charge in [-0.15, -0.1) is 0 Å².